The monoisotopic (exact) mass is 369 g/mol. The second-order valence-electron chi connectivity index (χ2n) is 7.08. The van der Waals surface area contributed by atoms with Crippen LogP contribution in [0.5, 0.6) is 0 Å². The van der Waals surface area contributed by atoms with Crippen molar-refractivity contribution in [3.8, 4) is 0 Å². The average molecular weight is 370 g/mol. The molecule has 1 aromatic heterocycles. The standard InChI is InChI=1S/C20H27N5S/c21-20(14-18-19(26-20)2-1-7-24-18)17-5-3-16(4-6-17)15-23-10-13-25-11-8-22-9-12-25/h1-7,22-23H,8-15,21H2. The molecule has 1 unspecified atom stereocenters. The lowest BCUT2D eigenvalue weighted by Crippen LogP contribution is -2.45. The highest BCUT2D eigenvalue weighted by molar-refractivity contribution is 8.00. The molecule has 0 amide bonds. The van der Waals surface area contributed by atoms with Crippen LogP contribution in [-0.2, 0) is 17.8 Å². The van der Waals surface area contributed by atoms with E-state index in [4.69, 9.17) is 5.73 Å². The van der Waals surface area contributed by atoms with E-state index in [1.165, 1.54) is 16.0 Å². The number of thioether (sulfide) groups is 1. The molecule has 6 heteroatoms. The summed E-state index contributed by atoms with van der Waals surface area (Å²) in [6.07, 6.45) is 2.64. The summed E-state index contributed by atoms with van der Waals surface area (Å²) in [6.45, 7) is 7.58. The Bertz CT molecular complexity index is 702. The minimum atomic E-state index is -0.398. The van der Waals surface area contributed by atoms with Gasteiger partial charge in [-0.05, 0) is 23.3 Å². The van der Waals surface area contributed by atoms with Gasteiger partial charge in [-0.3, -0.25) is 9.88 Å². The van der Waals surface area contributed by atoms with E-state index >= 15 is 0 Å². The Morgan fingerprint density at radius 2 is 2.00 bits per heavy atom. The summed E-state index contributed by atoms with van der Waals surface area (Å²) in [4.78, 5) is 7.78. The second kappa shape index (κ2) is 8.06. The van der Waals surface area contributed by atoms with Gasteiger partial charge in [-0.1, -0.05) is 36.0 Å². The van der Waals surface area contributed by atoms with E-state index in [1.54, 1.807) is 11.8 Å². The maximum absolute atomic E-state index is 6.68. The van der Waals surface area contributed by atoms with Gasteiger partial charge in [0.1, 0.15) is 0 Å². The number of benzene rings is 1. The van der Waals surface area contributed by atoms with Crippen LogP contribution >= 0.6 is 11.8 Å². The fraction of sp³-hybridized carbons (Fsp3) is 0.450. The van der Waals surface area contributed by atoms with Crippen molar-refractivity contribution in [3.05, 3.63) is 59.4 Å². The fourth-order valence-corrected chi connectivity index (χ4v) is 4.84. The summed E-state index contributed by atoms with van der Waals surface area (Å²) >= 11 is 1.72. The van der Waals surface area contributed by atoms with Gasteiger partial charge >= 0.3 is 0 Å². The predicted octanol–water partition coefficient (Wildman–Crippen LogP) is 1.54. The number of nitrogens with one attached hydrogen (secondary N) is 2. The first-order valence-electron chi connectivity index (χ1n) is 9.38. The van der Waals surface area contributed by atoms with Crippen LogP contribution in [0.2, 0.25) is 0 Å². The third-order valence-electron chi connectivity index (χ3n) is 5.16. The zero-order chi connectivity index (χ0) is 17.8. The molecular weight excluding hydrogens is 342 g/mol. The number of nitrogens with zero attached hydrogens (tertiary/aromatic N) is 2. The van der Waals surface area contributed by atoms with Crippen molar-refractivity contribution in [2.24, 2.45) is 5.73 Å². The molecule has 0 bridgehead atoms. The van der Waals surface area contributed by atoms with Gasteiger partial charge in [-0.2, -0.15) is 0 Å². The van der Waals surface area contributed by atoms with Crippen molar-refractivity contribution in [2.75, 3.05) is 39.3 Å². The molecule has 0 spiro atoms. The largest absolute Gasteiger partial charge is 0.314 e. The first-order valence-corrected chi connectivity index (χ1v) is 10.2. The van der Waals surface area contributed by atoms with E-state index in [2.05, 4.69) is 50.8 Å². The molecule has 2 aromatic rings. The van der Waals surface area contributed by atoms with E-state index in [0.717, 1.165) is 57.9 Å². The number of piperazine rings is 1. The van der Waals surface area contributed by atoms with Gasteiger partial charge < -0.3 is 16.4 Å². The van der Waals surface area contributed by atoms with E-state index in [9.17, 15) is 0 Å². The van der Waals surface area contributed by atoms with Crippen molar-refractivity contribution in [1.82, 2.24) is 20.5 Å². The van der Waals surface area contributed by atoms with E-state index < -0.39 is 4.87 Å². The Morgan fingerprint density at radius 3 is 2.77 bits per heavy atom. The summed E-state index contributed by atoms with van der Waals surface area (Å²) < 4.78 is 0. The van der Waals surface area contributed by atoms with Crippen molar-refractivity contribution >= 4 is 11.8 Å². The second-order valence-corrected chi connectivity index (χ2v) is 8.45. The summed E-state index contributed by atoms with van der Waals surface area (Å²) in [7, 11) is 0. The molecule has 138 valence electrons. The minimum Gasteiger partial charge on any atom is -0.314 e. The molecule has 0 radical (unpaired) electrons. The molecule has 2 aliphatic heterocycles. The first-order chi connectivity index (χ1) is 12.7. The maximum atomic E-state index is 6.68. The van der Waals surface area contributed by atoms with Gasteiger partial charge in [0.25, 0.3) is 0 Å². The number of hydrogen-bond acceptors (Lipinski definition) is 6. The van der Waals surface area contributed by atoms with Crippen LogP contribution in [0.1, 0.15) is 16.8 Å². The predicted molar refractivity (Wildman–Crippen MR) is 107 cm³/mol. The SMILES string of the molecule is NC1(c2ccc(CNCCN3CCNCC3)cc2)Cc2ncccc2S1. The van der Waals surface area contributed by atoms with Crippen molar-refractivity contribution in [3.63, 3.8) is 0 Å². The van der Waals surface area contributed by atoms with Crippen LogP contribution in [0, 0.1) is 0 Å². The molecule has 3 heterocycles. The van der Waals surface area contributed by atoms with E-state index in [0.29, 0.717) is 0 Å². The molecule has 1 fully saturated rings. The van der Waals surface area contributed by atoms with Crippen LogP contribution in [0.25, 0.3) is 0 Å². The molecule has 1 atom stereocenters. The van der Waals surface area contributed by atoms with E-state index in [-0.39, 0.29) is 0 Å². The van der Waals surface area contributed by atoms with Gasteiger partial charge in [0.2, 0.25) is 0 Å². The maximum Gasteiger partial charge on any atom is 0.0980 e. The third kappa shape index (κ3) is 4.10. The Kier molecular flexibility index (Phi) is 5.57. The van der Waals surface area contributed by atoms with Crippen molar-refractivity contribution in [2.45, 2.75) is 22.7 Å². The molecular formula is C20H27N5S. The first kappa shape index (κ1) is 17.9. The Morgan fingerprint density at radius 1 is 1.19 bits per heavy atom. The number of fused-ring (bicyclic) bond motifs is 1. The highest BCUT2D eigenvalue weighted by Crippen LogP contribution is 2.46. The minimum absolute atomic E-state index is 0.398. The van der Waals surface area contributed by atoms with Gasteiger partial charge in [0.15, 0.2) is 0 Å². The number of pyridine rings is 1. The Hall–Kier alpha value is -1.44. The quantitative estimate of drug-likeness (QED) is 0.671. The van der Waals surface area contributed by atoms with Crippen LogP contribution in [0.3, 0.4) is 0 Å². The summed E-state index contributed by atoms with van der Waals surface area (Å²) in [6, 6.07) is 12.8. The summed E-state index contributed by atoms with van der Waals surface area (Å²) in [5.74, 6) is 0. The molecule has 0 aliphatic carbocycles. The zero-order valence-corrected chi connectivity index (χ0v) is 15.9. The molecule has 4 N–H and O–H groups in total. The van der Waals surface area contributed by atoms with Crippen molar-refractivity contribution < 1.29 is 0 Å². The van der Waals surface area contributed by atoms with Crippen LogP contribution in [-0.4, -0.2) is 49.2 Å². The number of hydrogen-bond donors (Lipinski definition) is 3. The van der Waals surface area contributed by atoms with Crippen LogP contribution < -0.4 is 16.4 Å². The van der Waals surface area contributed by atoms with Crippen LogP contribution in [0.15, 0.2) is 47.5 Å². The average Bonchev–Trinajstić information content (AvgIpc) is 3.04. The molecule has 4 rings (SSSR count). The van der Waals surface area contributed by atoms with E-state index in [1.807, 2.05) is 12.3 Å². The molecule has 2 aliphatic rings. The molecule has 0 saturated carbocycles. The zero-order valence-electron chi connectivity index (χ0n) is 15.1. The van der Waals surface area contributed by atoms with Gasteiger partial charge in [0.05, 0.1) is 10.6 Å². The number of aromatic nitrogens is 1. The molecule has 1 aromatic carbocycles. The highest BCUT2D eigenvalue weighted by Gasteiger charge is 2.36. The third-order valence-corrected chi connectivity index (χ3v) is 6.49. The fourth-order valence-electron chi connectivity index (χ4n) is 3.60. The van der Waals surface area contributed by atoms with Gasteiger partial charge in [-0.25, -0.2) is 0 Å². The number of nitrogens with two attached hydrogens (primary N) is 1. The van der Waals surface area contributed by atoms with Crippen molar-refractivity contribution in [1.29, 1.82) is 0 Å². The Balaban J connectivity index is 1.28. The summed E-state index contributed by atoms with van der Waals surface area (Å²) in [5, 5.41) is 6.94. The lowest BCUT2D eigenvalue weighted by molar-refractivity contribution is 0.241. The molecule has 5 nitrogen and oxygen atoms in total. The molecule has 26 heavy (non-hydrogen) atoms. The number of rotatable bonds is 6. The van der Waals surface area contributed by atoms with Crippen LogP contribution in [0.4, 0.5) is 0 Å². The van der Waals surface area contributed by atoms with Gasteiger partial charge in [-0.15, -0.1) is 0 Å². The molecule has 1 saturated heterocycles. The lowest BCUT2D eigenvalue weighted by atomic mass is 10.0. The normalized spacial score (nSPS) is 23.1. The lowest BCUT2D eigenvalue weighted by Gasteiger charge is -2.27. The Labute approximate surface area is 159 Å². The smallest absolute Gasteiger partial charge is 0.0980 e. The summed E-state index contributed by atoms with van der Waals surface area (Å²) in [5.41, 5.74) is 10.3. The topological polar surface area (TPSA) is 66.2 Å². The highest BCUT2D eigenvalue weighted by atomic mass is 32.2. The van der Waals surface area contributed by atoms with Gasteiger partial charge in [0, 0.05) is 63.3 Å².